The molecule has 0 fully saturated rings. The van der Waals surface area contributed by atoms with Gasteiger partial charge in [0.25, 0.3) is 5.78 Å². The number of carbonyl (C=O) groups excluding carboxylic acids is 1. The van der Waals surface area contributed by atoms with Gasteiger partial charge in [-0.3, -0.25) is 4.79 Å². The number of carbonyl (C=O) groups is 1. The summed E-state index contributed by atoms with van der Waals surface area (Å²) in [6.45, 7) is 0. The Hall–Kier alpha value is -2.95. The van der Waals surface area contributed by atoms with E-state index in [9.17, 15) is 4.79 Å². The molecule has 5 aromatic rings. The van der Waals surface area contributed by atoms with Crippen molar-refractivity contribution in [2.75, 3.05) is 0 Å². The molecular formula is C22H12ClNO2S. The first-order chi connectivity index (χ1) is 13.2. The summed E-state index contributed by atoms with van der Waals surface area (Å²) in [4.78, 5) is 17.4. The van der Waals surface area contributed by atoms with E-state index >= 15 is 0 Å². The minimum Gasteiger partial charge on any atom is -0.452 e. The fourth-order valence-corrected chi connectivity index (χ4v) is 4.04. The number of hydrogen-bond acceptors (Lipinski definition) is 4. The fraction of sp³-hybridized carbons (Fsp3) is 0. The van der Waals surface area contributed by atoms with Crippen LogP contribution in [0.25, 0.3) is 33.0 Å². The van der Waals surface area contributed by atoms with E-state index in [0.29, 0.717) is 21.4 Å². The molecule has 130 valence electrons. The van der Waals surface area contributed by atoms with Gasteiger partial charge in [-0.25, -0.2) is 4.98 Å². The average Bonchev–Trinajstić information content (AvgIpc) is 3.35. The van der Waals surface area contributed by atoms with E-state index in [1.807, 2.05) is 72.1 Å². The first kappa shape index (κ1) is 16.2. The molecule has 5 rings (SSSR count). The Bertz CT molecular complexity index is 1300. The van der Waals surface area contributed by atoms with E-state index in [0.717, 1.165) is 27.4 Å². The lowest BCUT2D eigenvalue weighted by atomic mass is 10.1. The number of thiazole rings is 1. The quantitative estimate of drug-likeness (QED) is 0.327. The molecular weight excluding hydrogens is 378 g/mol. The molecule has 5 heteroatoms. The van der Waals surface area contributed by atoms with Crippen molar-refractivity contribution in [3.8, 4) is 11.3 Å². The molecule has 0 aliphatic carbocycles. The zero-order valence-corrected chi connectivity index (χ0v) is 15.6. The number of aromatic nitrogens is 1. The summed E-state index contributed by atoms with van der Waals surface area (Å²) in [6.07, 6.45) is 0. The molecule has 27 heavy (non-hydrogen) atoms. The van der Waals surface area contributed by atoms with Gasteiger partial charge in [0.05, 0.1) is 5.69 Å². The smallest absolute Gasteiger partial charge is 0.256 e. The lowest BCUT2D eigenvalue weighted by Crippen LogP contribution is -1.98. The van der Waals surface area contributed by atoms with Gasteiger partial charge >= 0.3 is 0 Å². The van der Waals surface area contributed by atoms with Crippen molar-refractivity contribution in [3.63, 3.8) is 0 Å². The molecule has 3 aromatic carbocycles. The predicted molar refractivity (Wildman–Crippen MR) is 110 cm³/mol. The van der Waals surface area contributed by atoms with Crippen LogP contribution in [0, 0.1) is 0 Å². The van der Waals surface area contributed by atoms with Gasteiger partial charge in [0.2, 0.25) is 0 Å². The highest BCUT2D eigenvalue weighted by Gasteiger charge is 2.19. The zero-order chi connectivity index (χ0) is 18.4. The van der Waals surface area contributed by atoms with E-state index < -0.39 is 0 Å². The summed E-state index contributed by atoms with van der Waals surface area (Å²) >= 11 is 7.24. The maximum atomic E-state index is 12.9. The lowest BCUT2D eigenvalue weighted by Gasteiger charge is -1.96. The van der Waals surface area contributed by atoms with Crippen LogP contribution in [-0.4, -0.2) is 10.8 Å². The standard InChI is InChI=1S/C22H12ClNO2S/c23-15-8-5-14(6-9-15)18-12-27-22(24-18)21(25)20-11-17-16-4-2-1-3-13(16)7-10-19(17)26-20/h1-12H. The molecule has 0 aliphatic heterocycles. The molecule has 2 heterocycles. The minimum atomic E-state index is -0.208. The molecule has 0 N–H and O–H groups in total. The fourth-order valence-electron chi connectivity index (χ4n) is 3.14. The van der Waals surface area contributed by atoms with E-state index in [1.165, 1.54) is 11.3 Å². The second kappa shape index (κ2) is 6.34. The number of hydrogen-bond donors (Lipinski definition) is 0. The summed E-state index contributed by atoms with van der Waals surface area (Å²) in [7, 11) is 0. The van der Waals surface area contributed by atoms with Crippen molar-refractivity contribution >= 4 is 50.5 Å². The van der Waals surface area contributed by atoms with Crippen LogP contribution in [0.5, 0.6) is 0 Å². The topological polar surface area (TPSA) is 43.1 Å². The van der Waals surface area contributed by atoms with Crippen molar-refractivity contribution in [3.05, 3.63) is 87.9 Å². The van der Waals surface area contributed by atoms with Crippen molar-refractivity contribution in [1.82, 2.24) is 4.98 Å². The third-order valence-corrected chi connectivity index (χ3v) is 5.58. The van der Waals surface area contributed by atoms with E-state index in [4.69, 9.17) is 16.0 Å². The third-order valence-electron chi connectivity index (χ3n) is 4.49. The molecule has 0 aliphatic rings. The minimum absolute atomic E-state index is 0.208. The van der Waals surface area contributed by atoms with Crippen LogP contribution in [0.1, 0.15) is 15.6 Å². The first-order valence-corrected chi connectivity index (χ1v) is 9.62. The van der Waals surface area contributed by atoms with Gasteiger partial charge in [-0.15, -0.1) is 11.3 Å². The van der Waals surface area contributed by atoms with Crippen molar-refractivity contribution < 1.29 is 9.21 Å². The van der Waals surface area contributed by atoms with Gasteiger partial charge in [-0.05, 0) is 35.0 Å². The molecule has 0 saturated heterocycles. The van der Waals surface area contributed by atoms with Crippen LogP contribution in [0.2, 0.25) is 5.02 Å². The molecule has 0 atom stereocenters. The highest BCUT2D eigenvalue weighted by molar-refractivity contribution is 7.12. The lowest BCUT2D eigenvalue weighted by molar-refractivity contribution is 0.101. The highest BCUT2D eigenvalue weighted by atomic mass is 35.5. The molecule has 0 saturated carbocycles. The number of rotatable bonds is 3. The van der Waals surface area contributed by atoms with Crippen LogP contribution in [0.3, 0.4) is 0 Å². The summed E-state index contributed by atoms with van der Waals surface area (Å²) in [5.41, 5.74) is 2.37. The first-order valence-electron chi connectivity index (χ1n) is 8.36. The number of benzene rings is 3. The van der Waals surface area contributed by atoms with Crippen molar-refractivity contribution in [2.45, 2.75) is 0 Å². The van der Waals surface area contributed by atoms with Gasteiger partial charge in [0.1, 0.15) is 5.58 Å². The Morgan fingerprint density at radius 3 is 2.63 bits per heavy atom. The van der Waals surface area contributed by atoms with E-state index in [2.05, 4.69) is 4.98 Å². The SMILES string of the molecule is O=C(c1cc2c(ccc3ccccc32)o1)c1nc(-c2ccc(Cl)cc2)cs1. The van der Waals surface area contributed by atoms with E-state index in [-0.39, 0.29) is 5.78 Å². The maximum Gasteiger partial charge on any atom is 0.256 e. The van der Waals surface area contributed by atoms with Crippen LogP contribution in [-0.2, 0) is 0 Å². The van der Waals surface area contributed by atoms with E-state index in [1.54, 1.807) is 0 Å². The monoisotopic (exact) mass is 389 g/mol. The Labute approximate surface area is 163 Å². The Balaban J connectivity index is 1.54. The molecule has 0 spiro atoms. The number of fused-ring (bicyclic) bond motifs is 3. The predicted octanol–water partition coefficient (Wildman–Crippen LogP) is 6.59. The van der Waals surface area contributed by atoms with Crippen LogP contribution >= 0.6 is 22.9 Å². The summed E-state index contributed by atoms with van der Waals surface area (Å²) < 4.78 is 5.82. The summed E-state index contributed by atoms with van der Waals surface area (Å²) in [5, 5.41) is 6.06. The maximum absolute atomic E-state index is 12.9. The summed E-state index contributed by atoms with van der Waals surface area (Å²) in [6, 6.07) is 21.1. The van der Waals surface area contributed by atoms with Gasteiger partial charge < -0.3 is 4.42 Å². The molecule has 0 unspecified atom stereocenters. The van der Waals surface area contributed by atoms with Crippen LogP contribution < -0.4 is 0 Å². The van der Waals surface area contributed by atoms with Gasteiger partial charge in [-0.2, -0.15) is 0 Å². The number of halogens is 1. The largest absolute Gasteiger partial charge is 0.452 e. The second-order valence-electron chi connectivity index (χ2n) is 6.18. The summed E-state index contributed by atoms with van der Waals surface area (Å²) in [5.74, 6) is 0.0962. The molecule has 0 bridgehead atoms. The molecule has 2 aromatic heterocycles. The second-order valence-corrected chi connectivity index (χ2v) is 7.48. The Morgan fingerprint density at radius 2 is 1.78 bits per heavy atom. The number of ketones is 1. The van der Waals surface area contributed by atoms with Gasteiger partial charge in [0, 0.05) is 21.4 Å². The average molecular weight is 390 g/mol. The molecule has 0 radical (unpaired) electrons. The van der Waals surface area contributed by atoms with Crippen molar-refractivity contribution in [2.24, 2.45) is 0 Å². The van der Waals surface area contributed by atoms with Gasteiger partial charge in [0.15, 0.2) is 10.8 Å². The normalized spacial score (nSPS) is 11.3. The Morgan fingerprint density at radius 1 is 0.963 bits per heavy atom. The van der Waals surface area contributed by atoms with Gasteiger partial charge in [-0.1, -0.05) is 54.1 Å². The Kier molecular flexibility index (Phi) is 3.81. The zero-order valence-electron chi connectivity index (χ0n) is 14.0. The molecule has 0 amide bonds. The number of furan rings is 1. The van der Waals surface area contributed by atoms with Crippen molar-refractivity contribution in [1.29, 1.82) is 0 Å². The highest BCUT2D eigenvalue weighted by Crippen LogP contribution is 2.30. The van der Waals surface area contributed by atoms with Crippen LogP contribution in [0.15, 0.2) is 76.5 Å². The number of nitrogens with zero attached hydrogens (tertiary/aromatic N) is 1. The van der Waals surface area contributed by atoms with Crippen LogP contribution in [0.4, 0.5) is 0 Å². The third kappa shape index (κ3) is 2.83. The molecule has 3 nitrogen and oxygen atoms in total.